The van der Waals surface area contributed by atoms with Gasteiger partial charge in [-0.15, -0.1) is 0 Å². The first-order valence-electron chi connectivity index (χ1n) is 7.36. The number of hydrogen-bond donors (Lipinski definition) is 1. The average molecular weight is 266 g/mol. The van der Waals surface area contributed by atoms with E-state index >= 15 is 0 Å². The first-order valence-corrected chi connectivity index (χ1v) is 7.36. The Hall–Kier alpha value is -0.870. The monoisotopic (exact) mass is 266 g/mol. The lowest BCUT2D eigenvalue weighted by atomic mass is 9.86. The molecule has 1 heterocycles. The second-order valence-electron chi connectivity index (χ2n) is 6.04. The van der Waals surface area contributed by atoms with Crippen molar-refractivity contribution in [3.05, 3.63) is 18.0 Å². The Morgan fingerprint density at radius 2 is 2.16 bits per heavy atom. The van der Waals surface area contributed by atoms with Crippen LogP contribution in [0.2, 0.25) is 0 Å². The van der Waals surface area contributed by atoms with Crippen LogP contribution in [-0.2, 0) is 13.6 Å². The van der Waals surface area contributed by atoms with Crippen molar-refractivity contribution in [3.63, 3.8) is 0 Å². The zero-order valence-corrected chi connectivity index (χ0v) is 13.2. The molecule has 4 nitrogen and oxygen atoms in total. The highest BCUT2D eigenvalue weighted by molar-refractivity contribution is 5.03. The molecule has 0 aliphatic rings. The number of nitrogens with one attached hydrogen (secondary N) is 1. The predicted octanol–water partition coefficient (Wildman–Crippen LogP) is 2.27. The molecule has 0 saturated carbocycles. The highest BCUT2D eigenvalue weighted by atomic mass is 15.2. The molecule has 0 aliphatic carbocycles. The molecule has 0 amide bonds. The van der Waals surface area contributed by atoms with Crippen LogP contribution >= 0.6 is 0 Å². The smallest absolute Gasteiger partial charge is 0.0534 e. The fraction of sp³-hybridized carbons (Fsp3) is 0.800. The van der Waals surface area contributed by atoms with Crippen LogP contribution in [0.15, 0.2) is 12.4 Å². The second-order valence-corrected chi connectivity index (χ2v) is 6.04. The summed E-state index contributed by atoms with van der Waals surface area (Å²) in [5, 5.41) is 7.78. The van der Waals surface area contributed by atoms with Gasteiger partial charge in [-0.1, -0.05) is 20.8 Å². The molecule has 0 fully saturated rings. The van der Waals surface area contributed by atoms with Gasteiger partial charge in [-0.05, 0) is 31.8 Å². The SMILES string of the molecule is CCCNCC(C)(CC)CN(C)Cc1cnn(C)c1. The summed E-state index contributed by atoms with van der Waals surface area (Å²) in [4.78, 5) is 2.40. The number of aryl methyl sites for hydroxylation is 1. The van der Waals surface area contributed by atoms with Crippen molar-refractivity contribution in [2.45, 2.75) is 40.2 Å². The topological polar surface area (TPSA) is 33.1 Å². The van der Waals surface area contributed by atoms with Crippen molar-refractivity contribution in [1.29, 1.82) is 0 Å². The summed E-state index contributed by atoms with van der Waals surface area (Å²) in [5.41, 5.74) is 1.62. The van der Waals surface area contributed by atoms with Crippen LogP contribution in [0.25, 0.3) is 0 Å². The molecular weight excluding hydrogens is 236 g/mol. The summed E-state index contributed by atoms with van der Waals surface area (Å²) in [6.07, 6.45) is 6.44. The van der Waals surface area contributed by atoms with Gasteiger partial charge in [0.2, 0.25) is 0 Å². The Bertz CT molecular complexity index is 361. The van der Waals surface area contributed by atoms with Gasteiger partial charge in [0.1, 0.15) is 0 Å². The van der Waals surface area contributed by atoms with Crippen LogP contribution in [0, 0.1) is 5.41 Å². The zero-order valence-electron chi connectivity index (χ0n) is 13.2. The van der Waals surface area contributed by atoms with Gasteiger partial charge in [0.25, 0.3) is 0 Å². The molecule has 19 heavy (non-hydrogen) atoms. The third-order valence-corrected chi connectivity index (χ3v) is 3.69. The van der Waals surface area contributed by atoms with E-state index in [9.17, 15) is 0 Å². The van der Waals surface area contributed by atoms with Gasteiger partial charge >= 0.3 is 0 Å². The van der Waals surface area contributed by atoms with Gasteiger partial charge in [0, 0.05) is 38.4 Å². The summed E-state index contributed by atoms with van der Waals surface area (Å²) in [6.45, 7) is 11.1. The van der Waals surface area contributed by atoms with Crippen molar-refractivity contribution in [3.8, 4) is 0 Å². The average Bonchev–Trinajstić information content (AvgIpc) is 2.74. The number of rotatable bonds is 9. The molecule has 0 radical (unpaired) electrons. The van der Waals surface area contributed by atoms with E-state index in [0.29, 0.717) is 5.41 Å². The number of aromatic nitrogens is 2. The molecule has 1 unspecified atom stereocenters. The first-order chi connectivity index (χ1) is 8.99. The fourth-order valence-corrected chi connectivity index (χ4v) is 2.43. The first kappa shape index (κ1) is 16.2. The van der Waals surface area contributed by atoms with Gasteiger partial charge in [-0.25, -0.2) is 0 Å². The molecule has 4 heteroatoms. The van der Waals surface area contributed by atoms with E-state index in [-0.39, 0.29) is 0 Å². The summed E-state index contributed by atoms with van der Waals surface area (Å²) in [5.74, 6) is 0. The van der Waals surface area contributed by atoms with Crippen LogP contribution in [-0.4, -0.2) is 41.4 Å². The van der Waals surface area contributed by atoms with Gasteiger partial charge in [0.15, 0.2) is 0 Å². The molecule has 1 aromatic rings. The lowest BCUT2D eigenvalue weighted by molar-refractivity contribution is 0.175. The minimum absolute atomic E-state index is 0.339. The highest BCUT2D eigenvalue weighted by Gasteiger charge is 2.23. The molecule has 1 N–H and O–H groups in total. The van der Waals surface area contributed by atoms with Gasteiger partial charge in [0.05, 0.1) is 6.20 Å². The molecule has 1 aromatic heterocycles. The third-order valence-electron chi connectivity index (χ3n) is 3.69. The van der Waals surface area contributed by atoms with Crippen molar-refractivity contribution >= 4 is 0 Å². The van der Waals surface area contributed by atoms with Crippen LogP contribution in [0.5, 0.6) is 0 Å². The Morgan fingerprint density at radius 1 is 1.42 bits per heavy atom. The van der Waals surface area contributed by atoms with Gasteiger partial charge in [-0.2, -0.15) is 5.10 Å². The van der Waals surface area contributed by atoms with E-state index in [1.165, 1.54) is 18.4 Å². The van der Waals surface area contributed by atoms with E-state index in [4.69, 9.17) is 0 Å². The summed E-state index contributed by atoms with van der Waals surface area (Å²) in [6, 6.07) is 0. The van der Waals surface area contributed by atoms with Crippen molar-refractivity contribution in [1.82, 2.24) is 20.0 Å². The Kier molecular flexibility index (Phi) is 6.52. The third kappa shape index (κ3) is 5.74. The standard InChI is InChI=1S/C15H30N4/c1-6-8-16-12-15(3,7-2)13-18(4)10-14-9-17-19(5)11-14/h9,11,16H,6-8,10,12-13H2,1-5H3. The molecule has 0 saturated heterocycles. The fourth-order valence-electron chi connectivity index (χ4n) is 2.43. The normalized spacial score (nSPS) is 14.8. The van der Waals surface area contributed by atoms with E-state index in [2.05, 4.69) is 49.3 Å². The minimum atomic E-state index is 0.339. The van der Waals surface area contributed by atoms with Crippen molar-refractivity contribution in [2.75, 3.05) is 26.7 Å². The number of hydrogen-bond acceptors (Lipinski definition) is 3. The molecule has 110 valence electrons. The van der Waals surface area contributed by atoms with Crippen molar-refractivity contribution in [2.24, 2.45) is 12.5 Å². The zero-order chi connectivity index (χ0) is 14.3. The molecule has 0 aromatic carbocycles. The summed E-state index contributed by atoms with van der Waals surface area (Å²) in [7, 11) is 4.16. The van der Waals surface area contributed by atoms with Crippen molar-refractivity contribution < 1.29 is 0 Å². The van der Waals surface area contributed by atoms with Gasteiger partial charge < -0.3 is 10.2 Å². The van der Waals surface area contributed by atoms with Crippen LogP contribution < -0.4 is 5.32 Å². The largest absolute Gasteiger partial charge is 0.316 e. The maximum atomic E-state index is 4.22. The van der Waals surface area contributed by atoms with Crippen LogP contribution in [0.3, 0.4) is 0 Å². The maximum absolute atomic E-state index is 4.22. The molecule has 1 rings (SSSR count). The van der Waals surface area contributed by atoms with E-state index in [1.54, 1.807) is 0 Å². The Morgan fingerprint density at radius 3 is 2.68 bits per heavy atom. The van der Waals surface area contributed by atoms with E-state index in [0.717, 1.165) is 26.2 Å². The van der Waals surface area contributed by atoms with Gasteiger partial charge in [-0.3, -0.25) is 4.68 Å². The Labute approximate surface area is 118 Å². The Balaban J connectivity index is 2.45. The summed E-state index contributed by atoms with van der Waals surface area (Å²) >= 11 is 0. The minimum Gasteiger partial charge on any atom is -0.316 e. The van der Waals surface area contributed by atoms with E-state index in [1.807, 2.05) is 17.9 Å². The molecule has 0 spiro atoms. The maximum Gasteiger partial charge on any atom is 0.0534 e. The lowest BCUT2D eigenvalue weighted by Crippen LogP contribution is -2.40. The lowest BCUT2D eigenvalue weighted by Gasteiger charge is -2.33. The highest BCUT2D eigenvalue weighted by Crippen LogP contribution is 2.21. The molecule has 0 aliphatic heterocycles. The number of nitrogens with zero attached hydrogens (tertiary/aromatic N) is 3. The van der Waals surface area contributed by atoms with Crippen LogP contribution in [0.4, 0.5) is 0 Å². The molecule has 1 atom stereocenters. The van der Waals surface area contributed by atoms with E-state index < -0.39 is 0 Å². The molecular formula is C15H30N4. The summed E-state index contributed by atoms with van der Waals surface area (Å²) < 4.78 is 1.87. The quantitative estimate of drug-likeness (QED) is 0.696. The second kappa shape index (κ2) is 7.65. The predicted molar refractivity (Wildman–Crippen MR) is 81.1 cm³/mol. The molecule has 0 bridgehead atoms. The van der Waals surface area contributed by atoms with Crippen LogP contribution in [0.1, 0.15) is 39.2 Å².